The summed E-state index contributed by atoms with van der Waals surface area (Å²) in [5.74, 6) is 0.442. The summed E-state index contributed by atoms with van der Waals surface area (Å²) in [7, 11) is 0. The van der Waals surface area contributed by atoms with Gasteiger partial charge in [0.05, 0.1) is 4.47 Å². The molecule has 0 radical (unpaired) electrons. The number of halogens is 2. The van der Waals surface area contributed by atoms with E-state index in [-0.39, 0.29) is 5.82 Å². The van der Waals surface area contributed by atoms with Gasteiger partial charge in [0.25, 0.3) is 0 Å². The first-order valence-corrected chi connectivity index (χ1v) is 6.23. The van der Waals surface area contributed by atoms with Gasteiger partial charge in [0.1, 0.15) is 5.82 Å². The molecule has 0 fully saturated rings. The number of benzene rings is 1. The van der Waals surface area contributed by atoms with Crippen LogP contribution in [-0.4, -0.2) is 9.55 Å². The second kappa shape index (κ2) is 5.31. The Labute approximate surface area is 108 Å². The maximum absolute atomic E-state index is 13.3. The highest BCUT2D eigenvalue weighted by molar-refractivity contribution is 9.10. The van der Waals surface area contributed by atoms with Gasteiger partial charge in [-0.05, 0) is 40.5 Å². The van der Waals surface area contributed by atoms with Crippen LogP contribution in [0.5, 0.6) is 0 Å². The Balaban J connectivity index is 2.19. The van der Waals surface area contributed by atoms with Crippen molar-refractivity contribution >= 4 is 27.6 Å². The lowest BCUT2D eigenvalue weighted by atomic mass is 10.3. The van der Waals surface area contributed by atoms with E-state index in [0.717, 1.165) is 18.9 Å². The smallest absolute Gasteiger partial charge is 0.207 e. The fourth-order valence-corrected chi connectivity index (χ4v) is 1.80. The molecule has 0 saturated carbocycles. The van der Waals surface area contributed by atoms with Crippen LogP contribution in [0.25, 0.3) is 0 Å². The summed E-state index contributed by atoms with van der Waals surface area (Å²) >= 11 is 3.12. The highest BCUT2D eigenvalue weighted by Gasteiger charge is 2.04. The zero-order chi connectivity index (χ0) is 12.3. The molecular weight excluding hydrogens is 285 g/mol. The Morgan fingerprint density at radius 2 is 2.29 bits per heavy atom. The zero-order valence-corrected chi connectivity index (χ0v) is 11.0. The molecule has 2 rings (SSSR count). The van der Waals surface area contributed by atoms with Crippen LogP contribution in [0.2, 0.25) is 0 Å². The molecule has 17 heavy (non-hydrogen) atoms. The topological polar surface area (TPSA) is 29.9 Å². The van der Waals surface area contributed by atoms with Crippen molar-refractivity contribution < 1.29 is 4.39 Å². The molecule has 90 valence electrons. The lowest BCUT2D eigenvalue weighted by Crippen LogP contribution is -2.02. The van der Waals surface area contributed by atoms with E-state index in [9.17, 15) is 4.39 Å². The van der Waals surface area contributed by atoms with E-state index < -0.39 is 0 Å². The minimum Gasteiger partial charge on any atom is -0.326 e. The summed E-state index contributed by atoms with van der Waals surface area (Å²) in [5, 5.41) is 3.10. The molecule has 5 heteroatoms. The quantitative estimate of drug-likeness (QED) is 0.926. The van der Waals surface area contributed by atoms with Crippen LogP contribution in [0.1, 0.15) is 13.3 Å². The molecule has 0 unspecified atom stereocenters. The highest BCUT2D eigenvalue weighted by atomic mass is 79.9. The van der Waals surface area contributed by atoms with Crippen LogP contribution in [0, 0.1) is 5.82 Å². The number of rotatable bonds is 4. The van der Waals surface area contributed by atoms with E-state index in [4.69, 9.17) is 0 Å². The predicted octanol–water partition coefficient (Wildman–Crippen LogP) is 3.94. The van der Waals surface area contributed by atoms with Gasteiger partial charge < -0.3 is 9.88 Å². The fourth-order valence-electron chi connectivity index (χ4n) is 1.56. The molecule has 0 saturated heterocycles. The van der Waals surface area contributed by atoms with Gasteiger partial charge in [-0.3, -0.25) is 0 Å². The SMILES string of the molecule is CCCn1ccnc1Nc1ccc(Br)c(F)c1. The van der Waals surface area contributed by atoms with Crippen molar-refractivity contribution in [3.05, 3.63) is 40.9 Å². The van der Waals surface area contributed by atoms with E-state index in [1.54, 1.807) is 18.3 Å². The number of hydrogen-bond donors (Lipinski definition) is 1. The lowest BCUT2D eigenvalue weighted by Gasteiger charge is -2.09. The number of aryl methyl sites for hydroxylation is 1. The molecule has 0 amide bonds. The van der Waals surface area contributed by atoms with Gasteiger partial charge in [-0.1, -0.05) is 6.92 Å². The molecule has 1 aromatic heterocycles. The molecule has 1 aromatic carbocycles. The summed E-state index contributed by atoms with van der Waals surface area (Å²) in [6, 6.07) is 4.91. The molecule has 1 N–H and O–H groups in total. The van der Waals surface area contributed by atoms with Crippen LogP contribution in [0.3, 0.4) is 0 Å². The first-order valence-electron chi connectivity index (χ1n) is 5.44. The Bertz CT molecular complexity index is 510. The molecule has 0 aliphatic carbocycles. The van der Waals surface area contributed by atoms with Crippen molar-refractivity contribution in [2.75, 3.05) is 5.32 Å². The number of anilines is 2. The van der Waals surface area contributed by atoms with E-state index in [0.29, 0.717) is 10.2 Å². The van der Waals surface area contributed by atoms with E-state index in [1.807, 2.05) is 10.8 Å². The van der Waals surface area contributed by atoms with Crippen LogP contribution in [-0.2, 0) is 6.54 Å². The number of hydrogen-bond acceptors (Lipinski definition) is 2. The number of aromatic nitrogens is 2. The van der Waals surface area contributed by atoms with E-state index in [2.05, 4.69) is 33.2 Å². The molecule has 0 aliphatic heterocycles. The fraction of sp³-hybridized carbons (Fsp3) is 0.250. The predicted molar refractivity (Wildman–Crippen MR) is 69.9 cm³/mol. The van der Waals surface area contributed by atoms with Crippen LogP contribution in [0.4, 0.5) is 16.0 Å². The van der Waals surface area contributed by atoms with Gasteiger partial charge in [-0.2, -0.15) is 0 Å². The minimum atomic E-state index is -0.288. The van der Waals surface area contributed by atoms with Crippen LogP contribution >= 0.6 is 15.9 Å². The van der Waals surface area contributed by atoms with E-state index >= 15 is 0 Å². The average molecular weight is 298 g/mol. The highest BCUT2D eigenvalue weighted by Crippen LogP contribution is 2.21. The third kappa shape index (κ3) is 2.85. The van der Waals surface area contributed by atoms with Crippen molar-refractivity contribution in [2.45, 2.75) is 19.9 Å². The van der Waals surface area contributed by atoms with Crippen LogP contribution in [0.15, 0.2) is 35.1 Å². The normalized spacial score (nSPS) is 10.5. The lowest BCUT2D eigenvalue weighted by molar-refractivity contribution is 0.621. The Morgan fingerprint density at radius 3 is 3.00 bits per heavy atom. The molecule has 1 heterocycles. The maximum atomic E-state index is 13.3. The number of nitrogens with zero attached hydrogens (tertiary/aromatic N) is 2. The second-order valence-electron chi connectivity index (χ2n) is 3.70. The van der Waals surface area contributed by atoms with E-state index in [1.165, 1.54) is 6.07 Å². The van der Waals surface area contributed by atoms with Crippen LogP contribution < -0.4 is 5.32 Å². The molecule has 3 nitrogen and oxygen atoms in total. The molecule has 0 bridgehead atoms. The molecule has 0 atom stereocenters. The number of imidazole rings is 1. The van der Waals surface area contributed by atoms with Gasteiger partial charge in [0, 0.05) is 24.6 Å². The zero-order valence-electron chi connectivity index (χ0n) is 9.45. The van der Waals surface area contributed by atoms with Crippen molar-refractivity contribution in [3.63, 3.8) is 0 Å². The summed E-state index contributed by atoms with van der Waals surface area (Å²) in [4.78, 5) is 4.20. The Hall–Kier alpha value is -1.36. The van der Waals surface area contributed by atoms with Gasteiger partial charge in [0.15, 0.2) is 0 Å². The minimum absolute atomic E-state index is 0.288. The molecular formula is C12H13BrFN3. The summed E-state index contributed by atoms with van der Waals surface area (Å²) < 4.78 is 15.8. The van der Waals surface area contributed by atoms with Gasteiger partial charge in [-0.15, -0.1) is 0 Å². The average Bonchev–Trinajstić information content (AvgIpc) is 2.72. The monoisotopic (exact) mass is 297 g/mol. The molecule has 0 spiro atoms. The molecule has 2 aromatic rings. The van der Waals surface area contributed by atoms with Crippen molar-refractivity contribution in [2.24, 2.45) is 0 Å². The van der Waals surface area contributed by atoms with Crippen molar-refractivity contribution in [3.8, 4) is 0 Å². The summed E-state index contributed by atoms with van der Waals surface area (Å²) in [5.41, 5.74) is 0.689. The third-order valence-electron chi connectivity index (χ3n) is 2.36. The van der Waals surface area contributed by atoms with Gasteiger partial charge in [0.2, 0.25) is 5.95 Å². The second-order valence-corrected chi connectivity index (χ2v) is 4.55. The first-order chi connectivity index (χ1) is 8.20. The number of nitrogens with one attached hydrogen (secondary N) is 1. The Kier molecular flexibility index (Phi) is 3.78. The van der Waals surface area contributed by atoms with Gasteiger partial charge in [-0.25, -0.2) is 9.37 Å². The van der Waals surface area contributed by atoms with Gasteiger partial charge >= 0.3 is 0 Å². The molecule has 0 aliphatic rings. The summed E-state index contributed by atoms with van der Waals surface area (Å²) in [6.07, 6.45) is 4.66. The third-order valence-corrected chi connectivity index (χ3v) is 3.00. The Morgan fingerprint density at radius 1 is 1.47 bits per heavy atom. The first kappa shape index (κ1) is 12.1. The van der Waals surface area contributed by atoms with Crippen molar-refractivity contribution in [1.82, 2.24) is 9.55 Å². The standard InChI is InChI=1S/C12H13BrFN3/c1-2-6-17-7-5-15-12(17)16-9-3-4-10(13)11(14)8-9/h3-5,7-8H,2,6H2,1H3,(H,15,16). The van der Waals surface area contributed by atoms with Crippen molar-refractivity contribution in [1.29, 1.82) is 0 Å². The maximum Gasteiger partial charge on any atom is 0.207 e. The largest absolute Gasteiger partial charge is 0.326 e. The summed E-state index contributed by atoms with van der Waals surface area (Å²) in [6.45, 7) is 2.99.